The van der Waals surface area contributed by atoms with Crippen molar-refractivity contribution in [2.45, 2.75) is 20.0 Å². The number of hydrogen-bond acceptors (Lipinski definition) is 3. The first-order valence-electron chi connectivity index (χ1n) is 3.25. The van der Waals surface area contributed by atoms with Crippen molar-refractivity contribution in [1.29, 1.82) is 0 Å². The lowest BCUT2D eigenvalue weighted by Crippen LogP contribution is -2.10. The minimum absolute atomic E-state index is 0.185. The Labute approximate surface area is 73.4 Å². The molecule has 1 atom stereocenters. The number of rotatable bonds is 1. The van der Waals surface area contributed by atoms with E-state index in [1.165, 1.54) is 0 Å². The van der Waals surface area contributed by atoms with Crippen molar-refractivity contribution < 1.29 is 18.1 Å². The zero-order chi connectivity index (χ0) is 10.4. The summed E-state index contributed by atoms with van der Waals surface area (Å²) >= 11 is 0. The van der Waals surface area contributed by atoms with Crippen LogP contribution in [0, 0.1) is 18.3 Å². The molecule has 5 heteroatoms. The molecule has 0 aromatic heterocycles. The summed E-state index contributed by atoms with van der Waals surface area (Å²) in [7, 11) is -3.67. The first-order valence-corrected chi connectivity index (χ1v) is 5.10. The van der Waals surface area contributed by atoms with Gasteiger partial charge in [0, 0.05) is 0 Å². The van der Waals surface area contributed by atoms with Crippen molar-refractivity contribution in [3.05, 3.63) is 0 Å². The highest BCUT2D eigenvalue weighted by Gasteiger charge is 2.01. The molecule has 0 rings (SSSR count). The van der Waals surface area contributed by atoms with Gasteiger partial charge >= 0.3 is 0 Å². The van der Waals surface area contributed by atoms with E-state index < -0.39 is 16.2 Å². The summed E-state index contributed by atoms with van der Waals surface area (Å²) in [5.41, 5.74) is 0. The Hall–Kier alpha value is -0.570. The van der Waals surface area contributed by atoms with E-state index in [0.29, 0.717) is 6.26 Å². The molecule has 0 aliphatic carbocycles. The van der Waals surface area contributed by atoms with Gasteiger partial charge in [0.15, 0.2) is 0 Å². The van der Waals surface area contributed by atoms with Crippen LogP contribution in [0.3, 0.4) is 0 Å². The second-order valence-corrected chi connectivity index (χ2v) is 4.05. The largest absolute Gasteiger partial charge is 0.380 e. The molecule has 0 spiro atoms. The Morgan fingerprint density at radius 2 is 1.67 bits per heavy atom. The lowest BCUT2D eigenvalue weighted by atomic mass is 10.1. The molecule has 0 amide bonds. The Balaban J connectivity index is 0. The molecule has 0 aromatic rings. The van der Waals surface area contributed by atoms with Crippen molar-refractivity contribution in [2.24, 2.45) is 5.92 Å². The Morgan fingerprint density at radius 1 is 1.42 bits per heavy atom. The van der Waals surface area contributed by atoms with E-state index in [-0.39, 0.29) is 5.92 Å². The van der Waals surface area contributed by atoms with Gasteiger partial charge in [-0.15, -0.1) is 6.42 Å². The van der Waals surface area contributed by atoms with Gasteiger partial charge in [-0.1, -0.05) is 19.8 Å². The molecule has 0 heterocycles. The maximum Gasteiger partial charge on any atom is 0.261 e. The molecule has 0 aromatic carbocycles. The second-order valence-electron chi connectivity index (χ2n) is 2.59. The lowest BCUT2D eigenvalue weighted by molar-refractivity contribution is 0.181. The Bertz CT molecular complexity index is 227. The van der Waals surface area contributed by atoms with Crippen LogP contribution in [0.4, 0.5) is 0 Å². The highest BCUT2D eigenvalue weighted by Crippen LogP contribution is 1.96. The van der Waals surface area contributed by atoms with Crippen LogP contribution in [0.15, 0.2) is 0 Å². The molecule has 0 radical (unpaired) electrons. The Morgan fingerprint density at radius 3 is 1.67 bits per heavy atom. The van der Waals surface area contributed by atoms with Crippen molar-refractivity contribution in [3.63, 3.8) is 0 Å². The minimum atomic E-state index is -3.67. The van der Waals surface area contributed by atoms with Gasteiger partial charge in [-0.3, -0.25) is 4.55 Å². The van der Waals surface area contributed by atoms with Crippen molar-refractivity contribution in [1.82, 2.24) is 0 Å². The fourth-order valence-corrected chi connectivity index (χ4v) is 0.192. The normalized spacial score (nSPS) is 12.8. The maximum absolute atomic E-state index is 9.19. The van der Waals surface area contributed by atoms with Crippen LogP contribution in [0.2, 0.25) is 0 Å². The highest BCUT2D eigenvalue weighted by atomic mass is 32.2. The van der Waals surface area contributed by atoms with Crippen molar-refractivity contribution >= 4 is 10.1 Å². The molecular weight excluding hydrogens is 180 g/mol. The Kier molecular flexibility index (Phi) is 6.99. The van der Waals surface area contributed by atoms with Crippen LogP contribution < -0.4 is 0 Å². The maximum atomic E-state index is 9.19. The third-order valence-electron chi connectivity index (χ3n) is 0.802. The van der Waals surface area contributed by atoms with Gasteiger partial charge in [0.2, 0.25) is 0 Å². The molecule has 0 aliphatic heterocycles. The third-order valence-corrected chi connectivity index (χ3v) is 0.802. The van der Waals surface area contributed by atoms with E-state index in [9.17, 15) is 8.42 Å². The van der Waals surface area contributed by atoms with Crippen LogP contribution in [-0.2, 0) is 10.1 Å². The quantitative estimate of drug-likeness (QED) is 0.460. The van der Waals surface area contributed by atoms with Gasteiger partial charge in [-0.05, 0) is 5.92 Å². The van der Waals surface area contributed by atoms with Gasteiger partial charge in [-0.25, -0.2) is 0 Å². The fraction of sp³-hybridized carbons (Fsp3) is 0.714. The monoisotopic (exact) mass is 194 g/mol. The van der Waals surface area contributed by atoms with E-state index in [1.54, 1.807) is 0 Å². The molecule has 0 aliphatic rings. The van der Waals surface area contributed by atoms with Crippen LogP contribution in [-0.4, -0.2) is 30.4 Å². The lowest BCUT2D eigenvalue weighted by Gasteiger charge is -2.03. The smallest absolute Gasteiger partial charge is 0.261 e. The zero-order valence-corrected chi connectivity index (χ0v) is 8.17. The summed E-state index contributed by atoms with van der Waals surface area (Å²) in [5.74, 6) is 2.41. The summed E-state index contributed by atoms with van der Waals surface area (Å²) in [6.07, 6.45) is 5.02. The van der Waals surface area contributed by atoms with E-state index >= 15 is 0 Å². The van der Waals surface area contributed by atoms with Gasteiger partial charge in [0.05, 0.1) is 6.26 Å². The summed E-state index contributed by atoms with van der Waals surface area (Å²) < 4.78 is 25.9. The summed E-state index contributed by atoms with van der Waals surface area (Å²) in [4.78, 5) is 0. The molecule has 0 saturated heterocycles. The average molecular weight is 194 g/mol. The van der Waals surface area contributed by atoms with Crippen molar-refractivity contribution in [3.8, 4) is 12.3 Å². The standard InChI is InChI=1S/C6H10O.CH4O3S/c1-4-6(7)5(2)3;1-5(2,3)4/h1,5-7H,2-3H3;1H3,(H,2,3,4). The predicted molar refractivity (Wildman–Crippen MR) is 47.2 cm³/mol. The summed E-state index contributed by atoms with van der Waals surface area (Å²) in [6.45, 7) is 3.76. The predicted octanol–water partition coefficient (Wildman–Crippen LogP) is 0.141. The van der Waals surface area contributed by atoms with Crippen LogP contribution in [0.1, 0.15) is 13.8 Å². The molecule has 1 unspecified atom stereocenters. The van der Waals surface area contributed by atoms with Gasteiger partial charge in [0.1, 0.15) is 6.10 Å². The topological polar surface area (TPSA) is 74.6 Å². The number of hydrogen-bond donors (Lipinski definition) is 2. The van der Waals surface area contributed by atoms with Crippen LogP contribution >= 0.6 is 0 Å². The number of aliphatic hydroxyl groups is 1. The highest BCUT2D eigenvalue weighted by molar-refractivity contribution is 7.85. The number of terminal acetylenes is 1. The second kappa shape index (κ2) is 6.00. The molecule has 0 fully saturated rings. The molecule has 2 N–H and O–H groups in total. The van der Waals surface area contributed by atoms with Gasteiger partial charge < -0.3 is 5.11 Å². The summed E-state index contributed by atoms with van der Waals surface area (Å²) in [5, 5.41) is 8.70. The van der Waals surface area contributed by atoms with E-state index in [2.05, 4.69) is 5.92 Å². The van der Waals surface area contributed by atoms with Crippen molar-refractivity contribution in [2.75, 3.05) is 6.26 Å². The molecule has 12 heavy (non-hydrogen) atoms. The van der Waals surface area contributed by atoms with Gasteiger partial charge in [0.25, 0.3) is 10.1 Å². The first kappa shape index (κ1) is 14.0. The molecule has 0 saturated carbocycles. The van der Waals surface area contributed by atoms with Crippen LogP contribution in [0.25, 0.3) is 0 Å². The molecule has 4 nitrogen and oxygen atoms in total. The first-order chi connectivity index (χ1) is 5.18. The van der Waals surface area contributed by atoms with Gasteiger partial charge in [-0.2, -0.15) is 8.42 Å². The molecular formula is C7H14O4S. The number of aliphatic hydroxyl groups excluding tert-OH is 1. The SMILES string of the molecule is C#CC(O)C(C)C.CS(=O)(=O)O. The zero-order valence-electron chi connectivity index (χ0n) is 7.35. The molecule has 72 valence electrons. The van der Waals surface area contributed by atoms with E-state index in [0.717, 1.165) is 0 Å². The van der Waals surface area contributed by atoms with E-state index in [4.69, 9.17) is 16.1 Å². The minimum Gasteiger partial charge on any atom is -0.380 e. The fourth-order valence-electron chi connectivity index (χ4n) is 0.192. The van der Waals surface area contributed by atoms with E-state index in [1.807, 2.05) is 13.8 Å². The third kappa shape index (κ3) is 22.7. The average Bonchev–Trinajstić information content (AvgIpc) is 1.82. The summed E-state index contributed by atoms with van der Waals surface area (Å²) in [6, 6.07) is 0. The molecule has 0 bridgehead atoms. The van der Waals surface area contributed by atoms with Crippen LogP contribution in [0.5, 0.6) is 0 Å².